The lowest BCUT2D eigenvalue weighted by Gasteiger charge is -2.06. The van der Waals surface area contributed by atoms with Crippen LogP contribution in [-0.4, -0.2) is 26.7 Å². The van der Waals surface area contributed by atoms with Crippen molar-refractivity contribution < 1.29 is 18.1 Å². The van der Waals surface area contributed by atoms with Gasteiger partial charge in [-0.3, -0.25) is 10.1 Å². The first kappa shape index (κ1) is 16.2. The number of hydrogen-bond donors (Lipinski definition) is 1. The molecular weight excluding hydrogens is 328 g/mol. The average molecular weight is 342 g/mol. The molecule has 1 N–H and O–H groups in total. The van der Waals surface area contributed by atoms with Crippen molar-refractivity contribution in [1.29, 1.82) is 0 Å². The molecule has 1 aromatic carbocycles. The Kier molecular flexibility index (Phi) is 4.67. The molecule has 0 unspecified atom stereocenters. The van der Waals surface area contributed by atoms with E-state index in [0.29, 0.717) is 12.3 Å². The van der Waals surface area contributed by atoms with Crippen LogP contribution >= 0.6 is 11.3 Å². The smallest absolute Gasteiger partial charge is 0.304 e. The maximum Gasteiger partial charge on any atom is 0.304 e. The fraction of sp³-hybridized carbons (Fsp3) is 0.231. The normalized spacial score (nSPS) is 11.2. The van der Waals surface area contributed by atoms with Crippen LogP contribution in [0.4, 0.5) is 10.7 Å². The summed E-state index contributed by atoms with van der Waals surface area (Å²) < 4.78 is 28.1. The summed E-state index contributed by atoms with van der Waals surface area (Å²) >= 11 is 0.852. The van der Waals surface area contributed by atoms with Crippen molar-refractivity contribution in [3.05, 3.63) is 46.0 Å². The van der Waals surface area contributed by atoms with Crippen LogP contribution in [0.15, 0.2) is 34.5 Å². The number of nitrogens with zero attached hydrogens (tertiary/aromatic N) is 1. The van der Waals surface area contributed by atoms with Gasteiger partial charge in [0.05, 0.1) is 12.0 Å². The Labute approximate surface area is 131 Å². The number of hydrogen-bond acceptors (Lipinski definition) is 7. The van der Waals surface area contributed by atoms with Crippen molar-refractivity contribution in [2.45, 2.75) is 10.8 Å². The number of nitrogens with one attached hydrogen (secondary N) is 1. The molecule has 0 atom stereocenters. The van der Waals surface area contributed by atoms with E-state index in [1.54, 1.807) is 25.3 Å². The van der Waals surface area contributed by atoms with Crippen LogP contribution in [0.3, 0.4) is 0 Å². The minimum Gasteiger partial charge on any atom is -0.497 e. The van der Waals surface area contributed by atoms with Gasteiger partial charge in [-0.1, -0.05) is 23.5 Å². The summed E-state index contributed by atoms with van der Waals surface area (Å²) in [6, 6.07) is 8.31. The quantitative estimate of drug-likeness (QED) is 0.640. The third-order valence-corrected chi connectivity index (χ3v) is 5.72. The van der Waals surface area contributed by atoms with Gasteiger partial charge in [0.1, 0.15) is 9.96 Å². The molecule has 0 saturated carbocycles. The molecule has 2 rings (SSSR count). The maximum atomic E-state index is 11.5. The van der Waals surface area contributed by atoms with Crippen LogP contribution in [0.1, 0.15) is 5.56 Å². The zero-order valence-corrected chi connectivity index (χ0v) is 13.5. The van der Waals surface area contributed by atoms with Crippen LogP contribution in [0.25, 0.3) is 0 Å². The van der Waals surface area contributed by atoms with Crippen molar-refractivity contribution in [2.24, 2.45) is 0 Å². The highest BCUT2D eigenvalue weighted by Crippen LogP contribution is 2.37. The fourth-order valence-electron chi connectivity index (χ4n) is 1.77. The van der Waals surface area contributed by atoms with Gasteiger partial charge >= 0.3 is 5.69 Å². The zero-order chi connectivity index (χ0) is 16.3. The number of nitro groups is 1. The number of anilines is 1. The van der Waals surface area contributed by atoms with Crippen molar-refractivity contribution in [2.75, 3.05) is 18.7 Å². The summed E-state index contributed by atoms with van der Waals surface area (Å²) in [5.41, 5.74) is 0.622. The monoisotopic (exact) mass is 342 g/mol. The molecule has 0 radical (unpaired) electrons. The molecule has 0 saturated heterocycles. The second-order valence-electron chi connectivity index (χ2n) is 4.51. The van der Waals surface area contributed by atoms with Crippen LogP contribution in [0, 0.1) is 10.1 Å². The Bertz CT molecular complexity index is 799. The van der Waals surface area contributed by atoms with Gasteiger partial charge < -0.3 is 10.1 Å². The molecule has 9 heteroatoms. The molecule has 2 aromatic rings. The Hall–Kier alpha value is -2.13. The average Bonchev–Trinajstić information content (AvgIpc) is 2.90. The number of rotatable bonds is 6. The summed E-state index contributed by atoms with van der Waals surface area (Å²) in [6.45, 7) is 0.321. The van der Waals surface area contributed by atoms with E-state index in [4.69, 9.17) is 4.74 Å². The first-order valence-electron chi connectivity index (χ1n) is 6.16. The van der Waals surface area contributed by atoms with E-state index in [2.05, 4.69) is 5.32 Å². The second kappa shape index (κ2) is 6.32. The third-order valence-electron chi connectivity index (χ3n) is 2.84. The van der Waals surface area contributed by atoms with E-state index in [1.807, 2.05) is 6.07 Å². The highest BCUT2D eigenvalue weighted by molar-refractivity contribution is 7.92. The molecule has 0 amide bonds. The topological polar surface area (TPSA) is 98.5 Å². The lowest BCUT2D eigenvalue weighted by Crippen LogP contribution is -2.00. The number of ether oxygens (including phenoxy) is 1. The summed E-state index contributed by atoms with van der Waals surface area (Å²) in [6.07, 6.45) is 1.02. The number of thiophene rings is 1. The van der Waals surface area contributed by atoms with Gasteiger partial charge in [0.15, 0.2) is 14.8 Å². The van der Waals surface area contributed by atoms with Crippen molar-refractivity contribution >= 4 is 31.9 Å². The molecule has 118 valence electrons. The van der Waals surface area contributed by atoms with Gasteiger partial charge in [0.2, 0.25) is 0 Å². The molecule has 1 aromatic heterocycles. The predicted octanol–water partition coefficient (Wildman–Crippen LogP) is 2.68. The molecule has 0 fully saturated rings. The van der Waals surface area contributed by atoms with Crippen molar-refractivity contribution in [1.82, 2.24) is 0 Å². The largest absolute Gasteiger partial charge is 0.497 e. The second-order valence-corrected chi connectivity index (χ2v) is 7.81. The first-order valence-corrected chi connectivity index (χ1v) is 8.87. The maximum absolute atomic E-state index is 11.5. The van der Waals surface area contributed by atoms with Gasteiger partial charge in [-0.15, -0.1) is 0 Å². The molecule has 0 aliphatic carbocycles. The van der Waals surface area contributed by atoms with E-state index in [-0.39, 0.29) is 14.9 Å². The standard InChI is InChI=1S/C13H14N2O5S2/c1-20-10-5-3-4-9(6-10)8-14-13-11(15(16)17)7-12(21-13)22(2,18)19/h3-7,14H,8H2,1-2H3. The lowest BCUT2D eigenvalue weighted by atomic mass is 10.2. The van der Waals surface area contributed by atoms with Gasteiger partial charge in [-0.2, -0.15) is 0 Å². The summed E-state index contributed by atoms with van der Waals surface area (Å²) in [7, 11) is -1.93. The molecule has 7 nitrogen and oxygen atoms in total. The van der Waals surface area contributed by atoms with Crippen molar-refractivity contribution in [3.8, 4) is 5.75 Å². The van der Waals surface area contributed by atoms with E-state index in [9.17, 15) is 18.5 Å². The van der Waals surface area contributed by atoms with Gasteiger partial charge in [-0.05, 0) is 17.7 Å². The van der Waals surface area contributed by atoms with Gasteiger partial charge in [0.25, 0.3) is 0 Å². The highest BCUT2D eigenvalue weighted by atomic mass is 32.2. The Morgan fingerprint density at radius 3 is 2.68 bits per heavy atom. The number of sulfone groups is 1. The van der Waals surface area contributed by atoms with E-state index in [1.165, 1.54) is 0 Å². The molecule has 0 spiro atoms. The molecule has 0 aliphatic heterocycles. The molecule has 1 heterocycles. The third kappa shape index (κ3) is 3.74. The van der Waals surface area contributed by atoms with Crippen LogP contribution in [0.5, 0.6) is 5.75 Å². The highest BCUT2D eigenvalue weighted by Gasteiger charge is 2.23. The molecule has 0 bridgehead atoms. The predicted molar refractivity (Wildman–Crippen MR) is 84.4 cm³/mol. The minimum atomic E-state index is -3.48. The van der Waals surface area contributed by atoms with Crippen LogP contribution in [0.2, 0.25) is 0 Å². The van der Waals surface area contributed by atoms with Gasteiger partial charge in [0, 0.05) is 18.9 Å². The van der Waals surface area contributed by atoms with Crippen LogP contribution in [-0.2, 0) is 16.4 Å². The fourth-order valence-corrected chi connectivity index (χ4v) is 3.70. The summed E-state index contributed by atoms with van der Waals surface area (Å²) in [5, 5.41) is 14.2. The van der Waals surface area contributed by atoms with E-state index in [0.717, 1.165) is 29.2 Å². The van der Waals surface area contributed by atoms with Crippen LogP contribution < -0.4 is 10.1 Å². The Morgan fingerprint density at radius 2 is 2.09 bits per heavy atom. The first-order chi connectivity index (χ1) is 10.3. The summed E-state index contributed by atoms with van der Waals surface area (Å²) in [4.78, 5) is 10.4. The number of benzene rings is 1. The molecule has 22 heavy (non-hydrogen) atoms. The Balaban J connectivity index is 2.25. The SMILES string of the molecule is COc1cccc(CNc2sc(S(C)(=O)=O)cc2[N+](=O)[O-])c1. The minimum absolute atomic E-state index is 0.0349. The Morgan fingerprint density at radius 1 is 1.36 bits per heavy atom. The number of methoxy groups -OCH3 is 1. The molecule has 0 aliphatic rings. The summed E-state index contributed by atoms with van der Waals surface area (Å²) in [5.74, 6) is 0.678. The molecular formula is C13H14N2O5S2. The zero-order valence-electron chi connectivity index (χ0n) is 11.9. The van der Waals surface area contributed by atoms with Crippen molar-refractivity contribution in [3.63, 3.8) is 0 Å². The van der Waals surface area contributed by atoms with E-state index < -0.39 is 14.8 Å². The van der Waals surface area contributed by atoms with E-state index >= 15 is 0 Å². The van der Waals surface area contributed by atoms with Gasteiger partial charge in [-0.25, -0.2) is 8.42 Å². The lowest BCUT2D eigenvalue weighted by molar-refractivity contribution is -0.383.